The van der Waals surface area contributed by atoms with Gasteiger partial charge in [-0.05, 0) is 49.0 Å². The van der Waals surface area contributed by atoms with Gasteiger partial charge in [0.1, 0.15) is 5.58 Å². The van der Waals surface area contributed by atoms with E-state index in [2.05, 4.69) is 10.6 Å². The molecule has 0 saturated carbocycles. The highest BCUT2D eigenvalue weighted by Crippen LogP contribution is 2.24. The monoisotopic (exact) mass is 334 g/mol. The second-order valence-electron chi connectivity index (χ2n) is 4.91. The van der Waals surface area contributed by atoms with Crippen LogP contribution >= 0.6 is 23.8 Å². The maximum absolute atomic E-state index is 12.1. The SMILES string of the molecule is CC1NC(=S)NC(=O)/C1=C/c1cc(=O)oc2ccc(Cl)cc12. The minimum Gasteiger partial charge on any atom is -0.423 e. The number of rotatable bonds is 1. The average Bonchev–Trinajstić information content (AvgIpc) is 2.43. The lowest BCUT2D eigenvalue weighted by Gasteiger charge is -2.25. The van der Waals surface area contributed by atoms with Gasteiger partial charge in [0.25, 0.3) is 5.91 Å². The van der Waals surface area contributed by atoms with Gasteiger partial charge in [0.2, 0.25) is 0 Å². The summed E-state index contributed by atoms with van der Waals surface area (Å²) in [6.07, 6.45) is 1.64. The zero-order chi connectivity index (χ0) is 15.9. The number of fused-ring (bicyclic) bond motifs is 1. The molecule has 112 valence electrons. The maximum Gasteiger partial charge on any atom is 0.336 e. The summed E-state index contributed by atoms with van der Waals surface area (Å²) in [6.45, 7) is 1.82. The second-order valence-corrected chi connectivity index (χ2v) is 5.75. The first kappa shape index (κ1) is 14.7. The smallest absolute Gasteiger partial charge is 0.336 e. The van der Waals surface area contributed by atoms with E-state index < -0.39 is 5.63 Å². The fourth-order valence-corrected chi connectivity index (χ4v) is 2.76. The zero-order valence-electron chi connectivity index (χ0n) is 11.5. The highest BCUT2D eigenvalue weighted by atomic mass is 35.5. The molecule has 1 fully saturated rings. The first-order chi connectivity index (χ1) is 10.4. The Morgan fingerprint density at radius 3 is 2.82 bits per heavy atom. The lowest BCUT2D eigenvalue weighted by Crippen LogP contribution is -2.52. The van der Waals surface area contributed by atoms with Crippen LogP contribution in [0.4, 0.5) is 0 Å². The van der Waals surface area contributed by atoms with Crippen LogP contribution in [0.3, 0.4) is 0 Å². The van der Waals surface area contributed by atoms with Gasteiger partial charge in [-0.25, -0.2) is 4.79 Å². The van der Waals surface area contributed by atoms with Crippen LogP contribution in [-0.4, -0.2) is 17.1 Å². The summed E-state index contributed by atoms with van der Waals surface area (Å²) in [4.78, 5) is 23.8. The molecule has 2 heterocycles. The summed E-state index contributed by atoms with van der Waals surface area (Å²) in [5.74, 6) is -0.292. The molecule has 1 aliphatic heterocycles. The Kier molecular flexibility index (Phi) is 3.72. The number of thiocarbonyl (C=S) groups is 1. The number of hydrogen-bond acceptors (Lipinski definition) is 4. The van der Waals surface area contributed by atoms with Gasteiger partial charge < -0.3 is 9.73 Å². The standard InChI is InChI=1S/C15H11ClN2O3S/c1-7-10(14(20)18-15(22)17-7)4-8-5-13(19)21-12-3-2-9(16)6-11(8)12/h2-7H,1H3,(H2,17,18,20,22)/b10-4+. The predicted octanol–water partition coefficient (Wildman–Crippen LogP) is 2.22. The van der Waals surface area contributed by atoms with Crippen molar-refractivity contribution in [3.8, 4) is 0 Å². The zero-order valence-corrected chi connectivity index (χ0v) is 13.0. The molecule has 0 aliphatic carbocycles. The first-order valence-electron chi connectivity index (χ1n) is 6.51. The molecular formula is C15H11ClN2O3S. The molecule has 7 heteroatoms. The molecule has 1 aliphatic rings. The fraction of sp³-hybridized carbons (Fsp3) is 0.133. The summed E-state index contributed by atoms with van der Waals surface area (Å²) in [5, 5.41) is 6.96. The lowest BCUT2D eigenvalue weighted by molar-refractivity contribution is -0.116. The highest BCUT2D eigenvalue weighted by molar-refractivity contribution is 7.80. The van der Waals surface area contributed by atoms with E-state index in [4.69, 9.17) is 28.2 Å². The van der Waals surface area contributed by atoms with Crippen LogP contribution < -0.4 is 16.3 Å². The molecule has 22 heavy (non-hydrogen) atoms. The van der Waals surface area contributed by atoms with Crippen molar-refractivity contribution in [2.45, 2.75) is 13.0 Å². The average molecular weight is 335 g/mol. The Morgan fingerprint density at radius 1 is 1.32 bits per heavy atom. The molecule has 2 N–H and O–H groups in total. The van der Waals surface area contributed by atoms with Gasteiger partial charge in [-0.3, -0.25) is 10.1 Å². The van der Waals surface area contributed by atoms with Gasteiger partial charge >= 0.3 is 5.63 Å². The second kappa shape index (κ2) is 5.55. The van der Waals surface area contributed by atoms with Crippen LogP contribution in [0.2, 0.25) is 5.02 Å². The lowest BCUT2D eigenvalue weighted by atomic mass is 10.0. The number of halogens is 1. The van der Waals surface area contributed by atoms with Crippen LogP contribution in [0.25, 0.3) is 17.0 Å². The van der Waals surface area contributed by atoms with Gasteiger partial charge in [-0.1, -0.05) is 11.6 Å². The molecule has 0 bridgehead atoms. The van der Waals surface area contributed by atoms with Gasteiger partial charge in [0.15, 0.2) is 5.11 Å². The molecular weight excluding hydrogens is 324 g/mol. The van der Waals surface area contributed by atoms with Crippen molar-refractivity contribution >= 4 is 51.9 Å². The first-order valence-corrected chi connectivity index (χ1v) is 7.29. The Labute approximate surface area is 135 Å². The molecule has 5 nitrogen and oxygen atoms in total. The third kappa shape index (κ3) is 2.75. The van der Waals surface area contributed by atoms with Crippen molar-refractivity contribution in [2.75, 3.05) is 0 Å². The Hall–Kier alpha value is -2.18. The third-order valence-electron chi connectivity index (χ3n) is 3.35. The predicted molar refractivity (Wildman–Crippen MR) is 88.8 cm³/mol. The van der Waals surface area contributed by atoms with Crippen molar-refractivity contribution in [3.63, 3.8) is 0 Å². The normalized spacial score (nSPS) is 20.1. The summed E-state index contributed by atoms with van der Waals surface area (Å²) < 4.78 is 5.14. The van der Waals surface area contributed by atoms with E-state index in [9.17, 15) is 9.59 Å². The molecule has 1 aromatic carbocycles. The topological polar surface area (TPSA) is 71.3 Å². The largest absolute Gasteiger partial charge is 0.423 e. The molecule has 1 saturated heterocycles. The summed E-state index contributed by atoms with van der Waals surface area (Å²) in [6, 6.07) is 6.02. The van der Waals surface area contributed by atoms with E-state index in [1.165, 1.54) is 6.07 Å². The van der Waals surface area contributed by atoms with Crippen LogP contribution in [0.1, 0.15) is 12.5 Å². The summed E-state index contributed by atoms with van der Waals surface area (Å²) in [5.41, 5.74) is 0.964. The molecule has 1 aromatic heterocycles. The van der Waals surface area contributed by atoms with Crippen molar-refractivity contribution in [1.82, 2.24) is 10.6 Å². The maximum atomic E-state index is 12.1. The van der Waals surface area contributed by atoms with Gasteiger partial charge in [0.05, 0.1) is 6.04 Å². The van der Waals surface area contributed by atoms with E-state index in [0.29, 0.717) is 27.1 Å². The minimum absolute atomic E-state index is 0.261. The number of carbonyl (C=O) groups is 1. The fourth-order valence-electron chi connectivity index (χ4n) is 2.32. The highest BCUT2D eigenvalue weighted by Gasteiger charge is 2.24. The van der Waals surface area contributed by atoms with Crippen LogP contribution in [0, 0.1) is 0 Å². The molecule has 0 radical (unpaired) electrons. The Morgan fingerprint density at radius 2 is 2.09 bits per heavy atom. The van der Waals surface area contributed by atoms with Crippen LogP contribution in [-0.2, 0) is 4.79 Å². The molecule has 1 unspecified atom stereocenters. The summed E-state index contributed by atoms with van der Waals surface area (Å²) >= 11 is 10.9. The number of carbonyl (C=O) groups excluding carboxylic acids is 1. The number of hydrogen-bond donors (Lipinski definition) is 2. The number of nitrogens with one attached hydrogen (secondary N) is 2. The quantitative estimate of drug-likeness (QED) is 0.475. The molecule has 0 spiro atoms. The van der Waals surface area contributed by atoms with E-state index in [1.54, 1.807) is 24.3 Å². The summed E-state index contributed by atoms with van der Waals surface area (Å²) in [7, 11) is 0. The molecule has 1 atom stereocenters. The number of amides is 1. The van der Waals surface area contributed by atoms with Crippen molar-refractivity contribution in [2.24, 2.45) is 0 Å². The van der Waals surface area contributed by atoms with Crippen molar-refractivity contribution in [1.29, 1.82) is 0 Å². The van der Waals surface area contributed by atoms with Gasteiger partial charge in [-0.2, -0.15) is 0 Å². The van der Waals surface area contributed by atoms with E-state index in [-0.39, 0.29) is 17.1 Å². The van der Waals surface area contributed by atoms with E-state index in [0.717, 1.165) is 0 Å². The van der Waals surface area contributed by atoms with E-state index >= 15 is 0 Å². The van der Waals surface area contributed by atoms with Gasteiger partial charge in [-0.15, -0.1) is 0 Å². The Balaban J connectivity index is 2.19. The third-order valence-corrected chi connectivity index (χ3v) is 3.81. The van der Waals surface area contributed by atoms with Crippen molar-refractivity contribution < 1.29 is 9.21 Å². The van der Waals surface area contributed by atoms with Crippen molar-refractivity contribution in [3.05, 3.63) is 50.8 Å². The Bertz CT molecular complexity index is 888. The molecule has 3 rings (SSSR count). The molecule has 2 aromatic rings. The minimum atomic E-state index is -0.492. The number of benzene rings is 1. The van der Waals surface area contributed by atoms with Crippen LogP contribution in [0.15, 0.2) is 39.1 Å². The van der Waals surface area contributed by atoms with Crippen LogP contribution in [0.5, 0.6) is 0 Å². The van der Waals surface area contributed by atoms with Gasteiger partial charge in [0, 0.05) is 22.0 Å². The van der Waals surface area contributed by atoms with E-state index in [1.807, 2.05) is 6.92 Å². The molecule has 1 amide bonds.